The normalized spacial score (nSPS) is 12.6. The predicted octanol–water partition coefficient (Wildman–Crippen LogP) is 1.20. The second kappa shape index (κ2) is 5.86. The molecule has 4 nitrogen and oxygen atoms in total. The van der Waals surface area contributed by atoms with Crippen LogP contribution < -0.4 is 5.32 Å². The lowest BCUT2D eigenvalue weighted by Crippen LogP contribution is -2.36. The molecule has 0 fully saturated rings. The van der Waals surface area contributed by atoms with Crippen LogP contribution in [0.25, 0.3) is 0 Å². The molecule has 16 heavy (non-hydrogen) atoms. The average Bonchev–Trinajstić information content (AvgIpc) is 2.26. The van der Waals surface area contributed by atoms with Crippen LogP contribution in [0.5, 0.6) is 0 Å². The Morgan fingerprint density at radius 2 is 2.25 bits per heavy atom. The molecule has 1 aromatic heterocycles. The largest absolute Gasteiger partial charge is 0.385 e. The van der Waals surface area contributed by atoms with Gasteiger partial charge in [-0.15, -0.1) is 0 Å². The van der Waals surface area contributed by atoms with Gasteiger partial charge in [-0.3, -0.25) is 4.79 Å². The number of carbonyl (C=O) groups is 1. The van der Waals surface area contributed by atoms with Crippen molar-refractivity contribution in [3.05, 3.63) is 28.5 Å². The van der Waals surface area contributed by atoms with Crippen LogP contribution in [0.3, 0.4) is 0 Å². The minimum atomic E-state index is -2.88. The maximum Gasteiger partial charge on any atom is 0.269 e. The number of hydrogen-bond acceptors (Lipinski definition) is 3. The van der Waals surface area contributed by atoms with E-state index in [4.69, 9.17) is 5.11 Å². The molecule has 1 aromatic rings. The van der Waals surface area contributed by atoms with Crippen molar-refractivity contribution >= 4 is 21.8 Å². The first-order valence-electron chi connectivity index (χ1n) is 4.36. The minimum Gasteiger partial charge on any atom is -0.385 e. The van der Waals surface area contributed by atoms with Gasteiger partial charge in [-0.1, -0.05) is 0 Å². The van der Waals surface area contributed by atoms with E-state index in [1.807, 2.05) is 0 Å². The van der Waals surface area contributed by atoms with Gasteiger partial charge in [0, 0.05) is 17.2 Å². The first kappa shape index (κ1) is 13.0. The summed E-state index contributed by atoms with van der Waals surface area (Å²) in [5, 5.41) is 10.9. The van der Waals surface area contributed by atoms with Crippen molar-refractivity contribution in [2.75, 3.05) is 6.54 Å². The molecule has 2 N–H and O–H groups in total. The summed E-state index contributed by atoms with van der Waals surface area (Å²) >= 11 is 3.14. The number of aromatic nitrogens is 1. The fourth-order valence-electron chi connectivity index (χ4n) is 0.887. The maximum atomic E-state index is 11.9. The van der Waals surface area contributed by atoms with Crippen molar-refractivity contribution in [3.63, 3.8) is 0 Å². The van der Waals surface area contributed by atoms with E-state index in [0.717, 1.165) is 0 Å². The van der Waals surface area contributed by atoms with Gasteiger partial charge in [0.15, 0.2) is 0 Å². The van der Waals surface area contributed by atoms with Gasteiger partial charge in [0.25, 0.3) is 12.3 Å². The minimum absolute atomic E-state index is 0.102. The fraction of sp³-hybridized carbons (Fsp3) is 0.333. The molecule has 0 aliphatic rings. The van der Waals surface area contributed by atoms with Crippen molar-refractivity contribution in [2.24, 2.45) is 0 Å². The van der Waals surface area contributed by atoms with E-state index in [2.05, 4.69) is 26.2 Å². The highest BCUT2D eigenvalue weighted by atomic mass is 79.9. The summed E-state index contributed by atoms with van der Waals surface area (Å²) in [6, 6.07) is 3.04. The van der Waals surface area contributed by atoms with Gasteiger partial charge in [-0.05, 0) is 28.1 Å². The quantitative estimate of drug-likeness (QED) is 0.877. The van der Waals surface area contributed by atoms with Crippen molar-refractivity contribution in [1.29, 1.82) is 0 Å². The van der Waals surface area contributed by atoms with E-state index in [1.165, 1.54) is 12.3 Å². The highest BCUT2D eigenvalue weighted by molar-refractivity contribution is 9.10. The van der Waals surface area contributed by atoms with E-state index < -0.39 is 25.0 Å². The summed E-state index contributed by atoms with van der Waals surface area (Å²) in [5.41, 5.74) is 0.102. The van der Waals surface area contributed by atoms with Crippen LogP contribution in [0, 0.1) is 0 Å². The fourth-order valence-corrected chi connectivity index (χ4v) is 1.12. The van der Waals surface area contributed by atoms with Crippen LogP contribution in [-0.2, 0) is 0 Å². The number of aliphatic hydroxyl groups excluding tert-OH is 1. The molecule has 7 heteroatoms. The summed E-state index contributed by atoms with van der Waals surface area (Å²) in [5.74, 6) is -0.604. The Hall–Kier alpha value is -1.08. The van der Waals surface area contributed by atoms with Crippen LogP contribution in [-0.4, -0.2) is 35.1 Å². The number of amides is 1. The molecule has 1 atom stereocenters. The lowest BCUT2D eigenvalue weighted by molar-refractivity contribution is -0.00272. The van der Waals surface area contributed by atoms with Gasteiger partial charge >= 0.3 is 0 Å². The van der Waals surface area contributed by atoms with Gasteiger partial charge in [-0.2, -0.15) is 0 Å². The van der Waals surface area contributed by atoms with Crippen molar-refractivity contribution < 1.29 is 18.7 Å². The van der Waals surface area contributed by atoms with Crippen LogP contribution in [0.2, 0.25) is 0 Å². The van der Waals surface area contributed by atoms with Crippen LogP contribution in [0.4, 0.5) is 8.78 Å². The summed E-state index contributed by atoms with van der Waals surface area (Å²) in [4.78, 5) is 15.1. The van der Waals surface area contributed by atoms with Crippen LogP contribution >= 0.6 is 15.9 Å². The van der Waals surface area contributed by atoms with Gasteiger partial charge < -0.3 is 10.4 Å². The molecule has 1 rings (SSSR count). The van der Waals surface area contributed by atoms with Crippen molar-refractivity contribution in [1.82, 2.24) is 10.3 Å². The predicted molar refractivity (Wildman–Crippen MR) is 56.3 cm³/mol. The van der Waals surface area contributed by atoms with E-state index in [-0.39, 0.29) is 5.69 Å². The molecule has 0 aromatic carbocycles. The first-order valence-corrected chi connectivity index (χ1v) is 5.16. The Balaban J connectivity index is 2.50. The number of alkyl halides is 2. The third kappa shape index (κ3) is 3.82. The van der Waals surface area contributed by atoms with Gasteiger partial charge in [-0.25, -0.2) is 13.8 Å². The standard InChI is InChI=1S/C9H9BrF2N2O2/c10-5-1-2-6(13-3-5)9(16)14-4-7(15)8(11)12/h1-3,7-8,15H,4H2,(H,14,16). The number of aliphatic hydroxyl groups is 1. The lowest BCUT2D eigenvalue weighted by atomic mass is 10.3. The molecular weight excluding hydrogens is 286 g/mol. The van der Waals surface area contributed by atoms with Crippen molar-refractivity contribution in [3.8, 4) is 0 Å². The second-order valence-corrected chi connectivity index (χ2v) is 3.89. The van der Waals surface area contributed by atoms with Crippen molar-refractivity contribution in [2.45, 2.75) is 12.5 Å². The van der Waals surface area contributed by atoms with Gasteiger partial charge in [0.1, 0.15) is 11.8 Å². The monoisotopic (exact) mass is 294 g/mol. The highest BCUT2D eigenvalue weighted by Gasteiger charge is 2.18. The summed E-state index contributed by atoms with van der Waals surface area (Å²) in [7, 11) is 0. The second-order valence-electron chi connectivity index (χ2n) is 2.97. The molecule has 1 heterocycles. The molecule has 1 unspecified atom stereocenters. The molecule has 0 saturated carbocycles. The third-order valence-electron chi connectivity index (χ3n) is 1.72. The first-order chi connectivity index (χ1) is 7.50. The Labute approximate surface area is 98.8 Å². The maximum absolute atomic E-state index is 11.9. The zero-order valence-electron chi connectivity index (χ0n) is 8.03. The van der Waals surface area contributed by atoms with E-state index >= 15 is 0 Å². The summed E-state index contributed by atoms with van der Waals surface area (Å²) < 4.78 is 24.5. The number of halogens is 3. The third-order valence-corrected chi connectivity index (χ3v) is 2.19. The van der Waals surface area contributed by atoms with E-state index in [1.54, 1.807) is 6.07 Å². The van der Waals surface area contributed by atoms with Gasteiger partial charge in [0.05, 0.1) is 0 Å². The van der Waals surface area contributed by atoms with E-state index in [9.17, 15) is 13.6 Å². The van der Waals surface area contributed by atoms with Gasteiger partial charge in [0.2, 0.25) is 0 Å². The highest BCUT2D eigenvalue weighted by Crippen LogP contribution is 2.07. The number of hydrogen-bond donors (Lipinski definition) is 2. The molecule has 0 aliphatic heterocycles. The molecule has 0 spiro atoms. The molecule has 0 radical (unpaired) electrons. The Morgan fingerprint density at radius 3 is 2.75 bits per heavy atom. The Bertz CT molecular complexity index is 359. The molecular formula is C9H9BrF2N2O2. The summed E-state index contributed by atoms with van der Waals surface area (Å²) in [6.07, 6.45) is -3.32. The number of rotatable bonds is 4. The Morgan fingerprint density at radius 1 is 1.56 bits per heavy atom. The van der Waals surface area contributed by atoms with E-state index in [0.29, 0.717) is 4.47 Å². The molecule has 0 bridgehead atoms. The number of nitrogens with one attached hydrogen (secondary N) is 1. The lowest BCUT2D eigenvalue weighted by Gasteiger charge is -2.10. The zero-order chi connectivity index (χ0) is 12.1. The molecule has 0 saturated heterocycles. The molecule has 0 aliphatic carbocycles. The Kier molecular flexibility index (Phi) is 4.75. The number of carbonyl (C=O) groups excluding carboxylic acids is 1. The topological polar surface area (TPSA) is 62.2 Å². The van der Waals surface area contributed by atoms with Crippen LogP contribution in [0.15, 0.2) is 22.8 Å². The smallest absolute Gasteiger partial charge is 0.269 e. The summed E-state index contributed by atoms with van der Waals surface area (Å²) in [6.45, 7) is -0.506. The number of pyridine rings is 1. The SMILES string of the molecule is O=C(NCC(O)C(F)F)c1ccc(Br)cn1. The average molecular weight is 295 g/mol. The molecule has 88 valence electrons. The zero-order valence-corrected chi connectivity index (χ0v) is 9.62. The number of nitrogens with zero attached hydrogens (tertiary/aromatic N) is 1. The molecule has 1 amide bonds. The van der Waals surface area contributed by atoms with Crippen LogP contribution in [0.1, 0.15) is 10.5 Å².